The topological polar surface area (TPSA) is 37.0 Å². The molecule has 96 valence electrons. The first-order valence-electron chi connectivity index (χ1n) is 6.14. The second kappa shape index (κ2) is 4.72. The van der Waals surface area contributed by atoms with E-state index in [1.54, 1.807) is 13.1 Å². The first-order valence-corrected chi connectivity index (χ1v) is 6.14. The number of nitrogens with zero attached hydrogens (tertiary/aromatic N) is 1. The number of benzene rings is 1. The molecule has 0 aliphatic carbocycles. The Bertz CT molecular complexity index is 689. The Kier molecular flexibility index (Phi) is 2.91. The maximum absolute atomic E-state index is 13.5. The van der Waals surface area contributed by atoms with Gasteiger partial charge in [0.25, 0.3) is 0 Å². The number of halogens is 1. The van der Waals surface area contributed by atoms with E-state index in [4.69, 9.17) is 0 Å². The summed E-state index contributed by atoms with van der Waals surface area (Å²) in [5, 5.41) is 8.50. The van der Waals surface area contributed by atoms with Crippen LogP contribution in [-0.2, 0) is 0 Å². The van der Waals surface area contributed by atoms with E-state index in [-0.39, 0.29) is 5.83 Å². The van der Waals surface area contributed by atoms with E-state index in [1.165, 1.54) is 6.08 Å². The van der Waals surface area contributed by atoms with Crippen LogP contribution in [0.2, 0.25) is 0 Å². The Morgan fingerprint density at radius 3 is 3.00 bits per heavy atom. The molecule has 2 aromatic rings. The Morgan fingerprint density at radius 1 is 1.26 bits per heavy atom. The molecule has 0 spiro atoms. The Balaban J connectivity index is 1.88. The van der Waals surface area contributed by atoms with Gasteiger partial charge in [-0.25, -0.2) is 4.39 Å². The molecular weight excluding hydrogens is 241 g/mol. The first kappa shape index (κ1) is 11.7. The minimum Gasteiger partial charge on any atom is -0.368 e. The van der Waals surface area contributed by atoms with Gasteiger partial charge in [-0.1, -0.05) is 6.07 Å². The molecule has 1 aromatic heterocycles. The maximum atomic E-state index is 13.5. The van der Waals surface area contributed by atoms with Gasteiger partial charge in [-0.3, -0.25) is 4.98 Å². The predicted molar refractivity (Wildman–Crippen MR) is 75.3 cm³/mol. The lowest BCUT2D eigenvalue weighted by Gasteiger charge is -2.18. The van der Waals surface area contributed by atoms with Gasteiger partial charge in [0, 0.05) is 36.1 Å². The molecule has 1 aliphatic heterocycles. The number of nitrogens with one attached hydrogen (secondary N) is 2. The van der Waals surface area contributed by atoms with Gasteiger partial charge in [0.15, 0.2) is 0 Å². The number of allylic oxidation sites excluding steroid dienone is 2. The second-order valence-electron chi connectivity index (χ2n) is 4.60. The molecule has 2 N–H and O–H groups in total. The van der Waals surface area contributed by atoms with Crippen LogP contribution in [0.15, 0.2) is 60.0 Å². The molecule has 0 saturated carbocycles. The average molecular weight is 255 g/mol. The highest BCUT2D eigenvalue weighted by atomic mass is 19.1. The fourth-order valence-corrected chi connectivity index (χ4v) is 2.01. The number of hydrogen-bond donors (Lipinski definition) is 2. The average Bonchev–Trinajstić information content (AvgIpc) is 2.43. The van der Waals surface area contributed by atoms with Crippen LogP contribution in [0.5, 0.6) is 0 Å². The van der Waals surface area contributed by atoms with Crippen LogP contribution in [0.1, 0.15) is 6.92 Å². The van der Waals surface area contributed by atoms with Crippen LogP contribution in [-0.4, -0.2) is 11.5 Å². The third-order valence-corrected chi connectivity index (χ3v) is 3.14. The molecule has 0 bridgehead atoms. The van der Waals surface area contributed by atoms with Crippen molar-refractivity contribution in [2.45, 2.75) is 6.92 Å². The van der Waals surface area contributed by atoms with Gasteiger partial charge >= 0.3 is 0 Å². The Hall–Kier alpha value is -2.36. The highest BCUT2D eigenvalue weighted by Gasteiger charge is 2.09. The van der Waals surface area contributed by atoms with Crippen LogP contribution in [0.3, 0.4) is 0 Å². The van der Waals surface area contributed by atoms with E-state index in [0.717, 1.165) is 22.0 Å². The molecule has 3 rings (SSSR count). The van der Waals surface area contributed by atoms with Crippen molar-refractivity contribution in [2.75, 3.05) is 11.9 Å². The normalized spacial score (nSPS) is 15.2. The van der Waals surface area contributed by atoms with Crippen LogP contribution in [0, 0.1) is 0 Å². The van der Waals surface area contributed by atoms with Crippen molar-refractivity contribution >= 4 is 16.5 Å². The quantitative estimate of drug-likeness (QED) is 0.864. The van der Waals surface area contributed by atoms with Crippen molar-refractivity contribution in [2.24, 2.45) is 0 Å². The summed E-state index contributed by atoms with van der Waals surface area (Å²) in [6, 6.07) is 7.91. The molecular formula is C15H14FN3. The summed E-state index contributed by atoms with van der Waals surface area (Å²) in [4.78, 5) is 4.08. The van der Waals surface area contributed by atoms with E-state index >= 15 is 0 Å². The summed E-state index contributed by atoms with van der Waals surface area (Å²) >= 11 is 0. The van der Waals surface area contributed by atoms with Gasteiger partial charge in [0.2, 0.25) is 0 Å². The van der Waals surface area contributed by atoms with E-state index in [9.17, 15) is 4.39 Å². The van der Waals surface area contributed by atoms with Crippen LogP contribution in [0.4, 0.5) is 10.1 Å². The van der Waals surface area contributed by atoms with E-state index in [2.05, 4.69) is 15.6 Å². The zero-order valence-corrected chi connectivity index (χ0v) is 10.6. The number of anilines is 1. The van der Waals surface area contributed by atoms with Crippen molar-refractivity contribution in [3.8, 4) is 0 Å². The molecule has 0 unspecified atom stereocenters. The maximum Gasteiger partial charge on any atom is 0.127 e. The third-order valence-electron chi connectivity index (χ3n) is 3.14. The Labute approximate surface area is 110 Å². The highest BCUT2D eigenvalue weighted by molar-refractivity contribution is 5.85. The number of dihydropyridines is 1. The lowest BCUT2D eigenvalue weighted by molar-refractivity contribution is 0.628. The van der Waals surface area contributed by atoms with E-state index < -0.39 is 0 Å². The summed E-state index contributed by atoms with van der Waals surface area (Å²) in [6.45, 7) is 2.31. The van der Waals surface area contributed by atoms with Crippen molar-refractivity contribution in [3.05, 3.63) is 60.0 Å². The summed E-state index contributed by atoms with van der Waals surface area (Å²) < 4.78 is 13.5. The molecule has 1 aliphatic rings. The van der Waals surface area contributed by atoms with E-state index in [0.29, 0.717) is 12.4 Å². The zero-order chi connectivity index (χ0) is 13.2. The van der Waals surface area contributed by atoms with Gasteiger partial charge in [-0.05, 0) is 36.1 Å². The smallest absolute Gasteiger partial charge is 0.127 e. The van der Waals surface area contributed by atoms with Crippen LogP contribution in [0.25, 0.3) is 10.8 Å². The van der Waals surface area contributed by atoms with Crippen LogP contribution < -0.4 is 10.6 Å². The van der Waals surface area contributed by atoms with Gasteiger partial charge in [-0.2, -0.15) is 0 Å². The van der Waals surface area contributed by atoms with Crippen molar-refractivity contribution < 1.29 is 4.39 Å². The summed E-state index contributed by atoms with van der Waals surface area (Å²) in [5.41, 5.74) is 1.64. The SMILES string of the molecule is CC1=C(F)C=C(Nc2ccc3cnccc3c2)NC1. The summed E-state index contributed by atoms with van der Waals surface area (Å²) in [7, 11) is 0. The highest BCUT2D eigenvalue weighted by Crippen LogP contribution is 2.20. The molecule has 1 aromatic carbocycles. The van der Waals surface area contributed by atoms with Gasteiger partial charge in [0.1, 0.15) is 11.6 Å². The van der Waals surface area contributed by atoms with Crippen molar-refractivity contribution in [3.63, 3.8) is 0 Å². The van der Waals surface area contributed by atoms with Crippen LogP contribution >= 0.6 is 0 Å². The fraction of sp³-hybridized carbons (Fsp3) is 0.133. The molecule has 2 heterocycles. The molecule has 0 amide bonds. The summed E-state index contributed by atoms with van der Waals surface area (Å²) in [6.07, 6.45) is 5.06. The number of aromatic nitrogens is 1. The number of rotatable bonds is 2. The minimum atomic E-state index is -0.175. The predicted octanol–water partition coefficient (Wildman–Crippen LogP) is 3.33. The molecule has 0 radical (unpaired) electrons. The molecule has 0 saturated heterocycles. The Morgan fingerprint density at radius 2 is 2.16 bits per heavy atom. The lowest BCUT2D eigenvalue weighted by Crippen LogP contribution is -2.24. The fourth-order valence-electron chi connectivity index (χ4n) is 2.01. The van der Waals surface area contributed by atoms with Gasteiger partial charge in [-0.15, -0.1) is 0 Å². The second-order valence-corrected chi connectivity index (χ2v) is 4.60. The first-order chi connectivity index (χ1) is 9.22. The molecule has 19 heavy (non-hydrogen) atoms. The van der Waals surface area contributed by atoms with E-state index in [1.807, 2.05) is 30.5 Å². The zero-order valence-electron chi connectivity index (χ0n) is 10.6. The standard InChI is InChI=1S/C15H14FN3/c1-10-8-18-15(7-14(10)16)19-13-3-2-12-9-17-5-4-11(12)6-13/h2-7,9,18-19H,8H2,1H3. The van der Waals surface area contributed by atoms with Gasteiger partial charge in [0.05, 0.1) is 0 Å². The summed E-state index contributed by atoms with van der Waals surface area (Å²) in [5.74, 6) is 0.503. The molecule has 0 atom stereocenters. The monoisotopic (exact) mass is 255 g/mol. The van der Waals surface area contributed by atoms with Crippen molar-refractivity contribution in [1.29, 1.82) is 0 Å². The molecule has 0 fully saturated rings. The molecule has 3 nitrogen and oxygen atoms in total. The number of pyridine rings is 1. The van der Waals surface area contributed by atoms with Crippen molar-refractivity contribution in [1.82, 2.24) is 10.3 Å². The largest absolute Gasteiger partial charge is 0.368 e. The lowest BCUT2D eigenvalue weighted by atomic mass is 10.1. The third kappa shape index (κ3) is 2.42. The molecule has 4 heteroatoms. The minimum absolute atomic E-state index is 0.175. The van der Waals surface area contributed by atoms with Gasteiger partial charge < -0.3 is 10.6 Å². The number of fused-ring (bicyclic) bond motifs is 1. The number of hydrogen-bond acceptors (Lipinski definition) is 3.